The summed E-state index contributed by atoms with van der Waals surface area (Å²) in [5.41, 5.74) is 2.12. The number of hydrogen-bond donors (Lipinski definition) is 1. The number of rotatable bonds is 4. The van der Waals surface area contributed by atoms with Crippen molar-refractivity contribution >= 4 is 16.9 Å². The van der Waals surface area contributed by atoms with Crippen LogP contribution in [0, 0.1) is 11.3 Å². The van der Waals surface area contributed by atoms with Gasteiger partial charge in [-0.1, -0.05) is 18.2 Å². The highest BCUT2D eigenvalue weighted by molar-refractivity contribution is 5.81. The van der Waals surface area contributed by atoms with Gasteiger partial charge in [-0.2, -0.15) is 5.26 Å². The number of nitriles is 1. The molecule has 1 aliphatic heterocycles. The van der Waals surface area contributed by atoms with Gasteiger partial charge >= 0.3 is 5.69 Å². The molecule has 29 heavy (non-hydrogen) atoms. The number of likely N-dealkylation sites (tertiary alicyclic amines) is 1. The number of ether oxygens (including phenoxy) is 1. The summed E-state index contributed by atoms with van der Waals surface area (Å²) in [6, 6.07) is 16.6. The van der Waals surface area contributed by atoms with E-state index in [1.165, 1.54) is 0 Å². The Morgan fingerprint density at radius 2 is 1.97 bits per heavy atom. The van der Waals surface area contributed by atoms with E-state index in [9.17, 15) is 9.59 Å². The maximum atomic E-state index is 12.8. The number of amides is 1. The summed E-state index contributed by atoms with van der Waals surface area (Å²) in [4.78, 5) is 29.9. The number of imidazole rings is 1. The average Bonchev–Trinajstić information content (AvgIpc) is 3.09. The zero-order chi connectivity index (χ0) is 20.4. The highest BCUT2D eigenvalue weighted by atomic mass is 16.5. The molecule has 0 radical (unpaired) electrons. The van der Waals surface area contributed by atoms with E-state index in [4.69, 9.17) is 10.00 Å². The Hall–Kier alpha value is -3.53. The number of piperidine rings is 1. The summed E-state index contributed by atoms with van der Waals surface area (Å²) in [6.07, 6.45) is 0.783. The summed E-state index contributed by atoms with van der Waals surface area (Å²) < 4.78 is 7.56. The van der Waals surface area contributed by atoms with Crippen molar-refractivity contribution in [3.63, 3.8) is 0 Å². The van der Waals surface area contributed by atoms with E-state index in [-0.39, 0.29) is 17.6 Å². The molecule has 2 aromatic carbocycles. The zero-order valence-corrected chi connectivity index (χ0v) is 16.2. The van der Waals surface area contributed by atoms with Gasteiger partial charge in [-0.15, -0.1) is 0 Å². The van der Waals surface area contributed by atoms with E-state index in [1.807, 2.05) is 28.8 Å². The van der Waals surface area contributed by atoms with Crippen molar-refractivity contribution in [3.8, 4) is 11.8 Å². The Morgan fingerprint density at radius 3 is 2.72 bits per heavy atom. The van der Waals surface area contributed by atoms with Gasteiger partial charge in [0.1, 0.15) is 5.75 Å². The second-order valence-corrected chi connectivity index (χ2v) is 7.27. The number of benzene rings is 2. The molecule has 148 valence electrons. The lowest BCUT2D eigenvalue weighted by Gasteiger charge is -2.34. The van der Waals surface area contributed by atoms with Gasteiger partial charge in [0, 0.05) is 19.1 Å². The maximum absolute atomic E-state index is 12.8. The van der Waals surface area contributed by atoms with Gasteiger partial charge < -0.3 is 14.6 Å². The van der Waals surface area contributed by atoms with Gasteiger partial charge in [-0.05, 0) is 50.1 Å². The summed E-state index contributed by atoms with van der Waals surface area (Å²) in [7, 11) is 0. The third-order valence-electron chi connectivity index (χ3n) is 5.39. The van der Waals surface area contributed by atoms with Gasteiger partial charge in [0.15, 0.2) is 6.10 Å². The molecule has 0 bridgehead atoms. The van der Waals surface area contributed by atoms with Gasteiger partial charge in [-0.3, -0.25) is 9.36 Å². The van der Waals surface area contributed by atoms with Crippen molar-refractivity contribution in [2.75, 3.05) is 13.1 Å². The molecule has 1 N–H and O–H groups in total. The molecule has 3 aromatic rings. The van der Waals surface area contributed by atoms with E-state index >= 15 is 0 Å². The molecule has 4 rings (SSSR count). The van der Waals surface area contributed by atoms with E-state index < -0.39 is 6.10 Å². The first-order valence-electron chi connectivity index (χ1n) is 9.71. The van der Waals surface area contributed by atoms with Gasteiger partial charge in [0.05, 0.1) is 22.7 Å². The monoisotopic (exact) mass is 390 g/mol. The number of carbonyl (C=O) groups excluding carboxylic acids is 1. The van der Waals surface area contributed by atoms with Crippen LogP contribution in [0.4, 0.5) is 0 Å². The number of hydrogen-bond acceptors (Lipinski definition) is 4. The topological polar surface area (TPSA) is 91.1 Å². The molecule has 1 saturated heterocycles. The lowest BCUT2D eigenvalue weighted by Crippen LogP contribution is -2.45. The smallest absolute Gasteiger partial charge is 0.326 e. The van der Waals surface area contributed by atoms with Gasteiger partial charge in [0.2, 0.25) is 0 Å². The van der Waals surface area contributed by atoms with E-state index in [0.29, 0.717) is 37.2 Å². The van der Waals surface area contributed by atoms with Crippen LogP contribution in [0.2, 0.25) is 0 Å². The maximum Gasteiger partial charge on any atom is 0.326 e. The van der Waals surface area contributed by atoms with Gasteiger partial charge in [0.25, 0.3) is 5.91 Å². The third kappa shape index (κ3) is 3.74. The molecular weight excluding hydrogens is 368 g/mol. The Balaban J connectivity index is 1.41. The molecular formula is C22H22N4O3. The van der Waals surface area contributed by atoms with Crippen LogP contribution in [0.1, 0.15) is 31.4 Å². The van der Waals surface area contributed by atoms with Crippen molar-refractivity contribution in [1.29, 1.82) is 5.26 Å². The molecule has 0 spiro atoms. The van der Waals surface area contributed by atoms with Crippen LogP contribution in [0.5, 0.6) is 5.75 Å². The number of fused-ring (bicyclic) bond motifs is 1. The normalized spacial score (nSPS) is 15.8. The second-order valence-electron chi connectivity index (χ2n) is 7.27. The Morgan fingerprint density at radius 1 is 1.21 bits per heavy atom. The minimum atomic E-state index is -0.642. The predicted molar refractivity (Wildman–Crippen MR) is 109 cm³/mol. The fourth-order valence-corrected chi connectivity index (χ4v) is 3.93. The quantitative estimate of drug-likeness (QED) is 0.742. The number of H-pyrrole nitrogens is 1. The summed E-state index contributed by atoms with van der Waals surface area (Å²) in [6.45, 7) is 2.86. The lowest BCUT2D eigenvalue weighted by atomic mass is 10.0. The zero-order valence-electron chi connectivity index (χ0n) is 16.2. The van der Waals surface area contributed by atoms with Crippen molar-refractivity contribution in [2.24, 2.45) is 0 Å². The van der Waals surface area contributed by atoms with Crippen LogP contribution in [-0.4, -0.2) is 39.6 Å². The number of aromatic nitrogens is 2. The fraction of sp³-hybridized carbons (Fsp3) is 0.318. The molecule has 0 aliphatic carbocycles. The second kappa shape index (κ2) is 7.84. The average molecular weight is 390 g/mol. The van der Waals surface area contributed by atoms with Crippen LogP contribution in [0.3, 0.4) is 0 Å². The van der Waals surface area contributed by atoms with Crippen LogP contribution in [0.25, 0.3) is 11.0 Å². The third-order valence-corrected chi connectivity index (χ3v) is 5.39. The Bertz CT molecular complexity index is 1130. The SMILES string of the molecule is CC(Oc1cccc(C#N)c1)C(=O)N1CCC(n2c(=O)[nH]c3ccccc32)CC1. The van der Waals surface area contributed by atoms with E-state index in [1.54, 1.807) is 36.1 Å². The highest BCUT2D eigenvalue weighted by Crippen LogP contribution is 2.25. The molecule has 1 aliphatic rings. The molecule has 1 aromatic heterocycles. The number of nitrogens with zero attached hydrogens (tertiary/aromatic N) is 3. The molecule has 1 amide bonds. The van der Waals surface area contributed by atoms with Crippen molar-refractivity contribution < 1.29 is 9.53 Å². The summed E-state index contributed by atoms with van der Waals surface area (Å²) in [5, 5.41) is 8.99. The molecule has 0 saturated carbocycles. The van der Waals surface area contributed by atoms with Crippen LogP contribution < -0.4 is 10.4 Å². The van der Waals surface area contributed by atoms with Crippen LogP contribution in [-0.2, 0) is 4.79 Å². The number of nitrogens with one attached hydrogen (secondary N) is 1. The number of aromatic amines is 1. The standard InChI is InChI=1S/C22H22N4O3/c1-15(29-18-6-4-5-16(13-18)14-23)21(27)25-11-9-17(10-12-25)26-20-8-3-2-7-19(20)24-22(26)28/h2-8,13,15,17H,9-12H2,1H3,(H,24,28). The van der Waals surface area contributed by atoms with Gasteiger partial charge in [-0.25, -0.2) is 4.79 Å². The molecule has 2 heterocycles. The first-order valence-corrected chi connectivity index (χ1v) is 9.71. The van der Waals surface area contributed by atoms with Crippen molar-refractivity contribution in [3.05, 3.63) is 64.6 Å². The van der Waals surface area contributed by atoms with Crippen molar-refractivity contribution in [1.82, 2.24) is 14.5 Å². The molecule has 7 heteroatoms. The van der Waals surface area contributed by atoms with Crippen molar-refractivity contribution in [2.45, 2.75) is 31.9 Å². The minimum Gasteiger partial charge on any atom is -0.481 e. The van der Waals surface area contributed by atoms with Crippen LogP contribution in [0.15, 0.2) is 53.3 Å². The predicted octanol–water partition coefficient (Wildman–Crippen LogP) is 2.83. The molecule has 1 unspecified atom stereocenters. The number of carbonyl (C=O) groups is 1. The lowest BCUT2D eigenvalue weighted by molar-refractivity contribution is -0.139. The van der Waals surface area contributed by atoms with Crippen LogP contribution >= 0.6 is 0 Å². The highest BCUT2D eigenvalue weighted by Gasteiger charge is 2.29. The minimum absolute atomic E-state index is 0.0613. The molecule has 7 nitrogen and oxygen atoms in total. The first-order chi connectivity index (χ1) is 14.1. The van der Waals surface area contributed by atoms with E-state index in [0.717, 1.165) is 11.0 Å². The Labute approximate surface area is 168 Å². The van der Waals surface area contributed by atoms with E-state index in [2.05, 4.69) is 11.1 Å². The molecule has 1 fully saturated rings. The summed E-state index contributed by atoms with van der Waals surface area (Å²) in [5.74, 6) is 0.419. The first kappa shape index (κ1) is 18.8. The Kier molecular flexibility index (Phi) is 5.09. The largest absolute Gasteiger partial charge is 0.481 e. The molecule has 1 atom stereocenters. The fourth-order valence-electron chi connectivity index (χ4n) is 3.93. The number of para-hydroxylation sites is 2. The summed E-state index contributed by atoms with van der Waals surface area (Å²) >= 11 is 0.